The van der Waals surface area contributed by atoms with Gasteiger partial charge in [-0.15, -0.1) is 0 Å². The fourth-order valence-electron chi connectivity index (χ4n) is 3.82. The first-order valence-electron chi connectivity index (χ1n) is 14.5. The van der Waals surface area contributed by atoms with Crippen LogP contribution < -0.4 is 5.32 Å². The molecular weight excluding hydrogens is 454 g/mol. The number of hydrogen-bond acceptors (Lipinski definition) is 6. The lowest BCUT2D eigenvalue weighted by Crippen LogP contribution is -2.14. The SMILES string of the molecule is CCCCCCCCCCCCCOCCOCCOCCOC(=O)c1ccc(NCCCC)cc1. The molecule has 0 heterocycles. The molecule has 0 unspecified atom stereocenters. The number of benzene rings is 1. The van der Waals surface area contributed by atoms with Crippen molar-refractivity contribution >= 4 is 11.7 Å². The summed E-state index contributed by atoms with van der Waals surface area (Å²) in [6, 6.07) is 7.37. The summed E-state index contributed by atoms with van der Waals surface area (Å²) in [6.07, 6.45) is 17.1. The van der Waals surface area contributed by atoms with Gasteiger partial charge in [-0.1, -0.05) is 84.5 Å². The summed E-state index contributed by atoms with van der Waals surface area (Å²) in [7, 11) is 0. The number of carbonyl (C=O) groups is 1. The molecule has 0 bridgehead atoms. The molecule has 0 fully saturated rings. The highest BCUT2D eigenvalue weighted by molar-refractivity contribution is 5.89. The van der Waals surface area contributed by atoms with Crippen LogP contribution in [0.2, 0.25) is 0 Å². The summed E-state index contributed by atoms with van der Waals surface area (Å²) in [5.41, 5.74) is 1.57. The van der Waals surface area contributed by atoms with Crippen molar-refractivity contribution in [2.24, 2.45) is 0 Å². The molecule has 0 aromatic heterocycles. The van der Waals surface area contributed by atoms with Gasteiger partial charge in [-0.05, 0) is 37.1 Å². The third-order valence-corrected chi connectivity index (χ3v) is 6.08. The van der Waals surface area contributed by atoms with Crippen LogP contribution in [0.1, 0.15) is 108 Å². The number of carbonyl (C=O) groups excluding carboxylic acids is 1. The first-order chi connectivity index (χ1) is 17.8. The van der Waals surface area contributed by atoms with Crippen LogP contribution in [0.25, 0.3) is 0 Å². The maximum absolute atomic E-state index is 12.1. The number of anilines is 1. The summed E-state index contributed by atoms with van der Waals surface area (Å²) >= 11 is 0. The van der Waals surface area contributed by atoms with Crippen LogP contribution in [0, 0.1) is 0 Å². The molecule has 36 heavy (non-hydrogen) atoms. The van der Waals surface area contributed by atoms with E-state index in [1.165, 1.54) is 64.2 Å². The zero-order valence-electron chi connectivity index (χ0n) is 23.2. The van der Waals surface area contributed by atoms with E-state index in [4.69, 9.17) is 18.9 Å². The van der Waals surface area contributed by atoms with Gasteiger partial charge in [0.15, 0.2) is 0 Å². The van der Waals surface area contributed by atoms with E-state index in [2.05, 4.69) is 19.2 Å². The molecule has 1 aromatic rings. The van der Waals surface area contributed by atoms with Crippen LogP contribution in [0.15, 0.2) is 24.3 Å². The quantitative estimate of drug-likeness (QED) is 0.104. The Morgan fingerprint density at radius 2 is 1.06 bits per heavy atom. The van der Waals surface area contributed by atoms with Gasteiger partial charge in [0.25, 0.3) is 0 Å². The van der Waals surface area contributed by atoms with Crippen molar-refractivity contribution in [3.63, 3.8) is 0 Å². The Balaban J connectivity index is 1.80. The molecule has 0 radical (unpaired) electrons. The van der Waals surface area contributed by atoms with E-state index >= 15 is 0 Å². The highest BCUT2D eigenvalue weighted by Crippen LogP contribution is 2.12. The maximum Gasteiger partial charge on any atom is 0.338 e. The number of ether oxygens (including phenoxy) is 4. The predicted octanol–water partition coefficient (Wildman–Crippen LogP) is 7.42. The van der Waals surface area contributed by atoms with Crippen LogP contribution in [-0.2, 0) is 18.9 Å². The first kappa shape index (κ1) is 32.4. The molecule has 0 aliphatic rings. The molecule has 0 atom stereocenters. The van der Waals surface area contributed by atoms with Gasteiger partial charge in [-0.3, -0.25) is 0 Å². The molecule has 1 aromatic carbocycles. The van der Waals surface area contributed by atoms with Gasteiger partial charge in [-0.25, -0.2) is 4.79 Å². The molecule has 1 N–H and O–H groups in total. The topological polar surface area (TPSA) is 66.0 Å². The molecule has 0 saturated heterocycles. The Kier molecular flexibility index (Phi) is 22.5. The minimum Gasteiger partial charge on any atom is -0.460 e. The van der Waals surface area contributed by atoms with Crippen LogP contribution in [0.4, 0.5) is 5.69 Å². The molecule has 0 saturated carbocycles. The Labute approximate surface area is 220 Å². The van der Waals surface area contributed by atoms with Crippen LogP contribution in [0.5, 0.6) is 0 Å². The van der Waals surface area contributed by atoms with Gasteiger partial charge in [0.2, 0.25) is 0 Å². The maximum atomic E-state index is 12.1. The van der Waals surface area contributed by atoms with E-state index in [0.717, 1.165) is 38.1 Å². The number of esters is 1. The van der Waals surface area contributed by atoms with Crippen molar-refractivity contribution in [3.05, 3.63) is 29.8 Å². The largest absolute Gasteiger partial charge is 0.460 e. The van der Waals surface area contributed by atoms with Crippen molar-refractivity contribution in [1.82, 2.24) is 0 Å². The van der Waals surface area contributed by atoms with Crippen molar-refractivity contribution in [2.45, 2.75) is 97.3 Å². The van der Waals surface area contributed by atoms with Crippen molar-refractivity contribution in [2.75, 3.05) is 58.1 Å². The van der Waals surface area contributed by atoms with Gasteiger partial charge in [0.05, 0.1) is 38.6 Å². The summed E-state index contributed by atoms with van der Waals surface area (Å²) in [5.74, 6) is -0.329. The minimum absolute atomic E-state index is 0.234. The molecule has 0 aliphatic carbocycles. The number of nitrogens with one attached hydrogen (secondary N) is 1. The van der Waals surface area contributed by atoms with Gasteiger partial charge in [0, 0.05) is 18.8 Å². The fraction of sp³-hybridized carbons (Fsp3) is 0.767. The highest BCUT2D eigenvalue weighted by Gasteiger charge is 2.06. The second-order valence-electron chi connectivity index (χ2n) is 9.37. The lowest BCUT2D eigenvalue weighted by atomic mass is 10.1. The summed E-state index contributed by atoms with van der Waals surface area (Å²) < 4.78 is 21.9. The van der Waals surface area contributed by atoms with Gasteiger partial charge in [-0.2, -0.15) is 0 Å². The molecule has 6 heteroatoms. The summed E-state index contributed by atoms with van der Waals surface area (Å²) in [4.78, 5) is 12.1. The van der Waals surface area contributed by atoms with Crippen LogP contribution in [0.3, 0.4) is 0 Å². The van der Waals surface area contributed by atoms with Crippen molar-refractivity contribution in [3.8, 4) is 0 Å². The standard InChI is InChI=1S/C30H53NO5/c1-3-5-7-8-9-10-11-12-13-14-15-21-33-22-23-34-24-25-35-26-27-36-30(32)28-16-18-29(19-17-28)31-20-6-4-2/h16-19,31H,3-15,20-27H2,1-2H3. The minimum atomic E-state index is -0.329. The van der Waals surface area contributed by atoms with Crippen LogP contribution >= 0.6 is 0 Å². The zero-order chi connectivity index (χ0) is 25.9. The smallest absolute Gasteiger partial charge is 0.338 e. The van der Waals surface area contributed by atoms with Gasteiger partial charge >= 0.3 is 5.97 Å². The fourth-order valence-corrected chi connectivity index (χ4v) is 3.82. The predicted molar refractivity (Wildman–Crippen MR) is 149 cm³/mol. The molecule has 1 rings (SSSR count). The molecule has 0 aliphatic heterocycles. The summed E-state index contributed by atoms with van der Waals surface area (Å²) in [5, 5.41) is 3.33. The van der Waals surface area contributed by atoms with Crippen molar-refractivity contribution < 1.29 is 23.7 Å². The van der Waals surface area contributed by atoms with E-state index in [-0.39, 0.29) is 12.6 Å². The molecule has 0 amide bonds. The molecule has 6 nitrogen and oxygen atoms in total. The lowest BCUT2D eigenvalue weighted by Gasteiger charge is -2.09. The molecule has 208 valence electrons. The monoisotopic (exact) mass is 507 g/mol. The number of hydrogen-bond donors (Lipinski definition) is 1. The average Bonchev–Trinajstić information content (AvgIpc) is 2.90. The third-order valence-electron chi connectivity index (χ3n) is 6.08. The first-order valence-corrected chi connectivity index (χ1v) is 14.5. The normalized spacial score (nSPS) is 11.1. The van der Waals surface area contributed by atoms with E-state index < -0.39 is 0 Å². The number of unbranched alkanes of at least 4 members (excludes halogenated alkanes) is 11. The third kappa shape index (κ3) is 19.5. The summed E-state index contributed by atoms with van der Waals surface area (Å²) in [6.45, 7) is 8.99. The Hall–Kier alpha value is -1.63. The lowest BCUT2D eigenvalue weighted by molar-refractivity contribution is 0.000185. The van der Waals surface area contributed by atoms with Crippen molar-refractivity contribution in [1.29, 1.82) is 0 Å². The van der Waals surface area contributed by atoms with E-state index in [9.17, 15) is 4.79 Å². The zero-order valence-corrected chi connectivity index (χ0v) is 23.2. The Bertz CT molecular complexity index is 608. The Morgan fingerprint density at radius 3 is 1.61 bits per heavy atom. The second-order valence-corrected chi connectivity index (χ2v) is 9.37. The van der Waals surface area contributed by atoms with Gasteiger partial charge in [0.1, 0.15) is 6.61 Å². The van der Waals surface area contributed by atoms with Gasteiger partial charge < -0.3 is 24.3 Å². The van der Waals surface area contributed by atoms with E-state index in [1.54, 1.807) is 12.1 Å². The molecular formula is C30H53NO5. The second kappa shape index (κ2) is 25.0. The van der Waals surface area contributed by atoms with Crippen LogP contribution in [-0.4, -0.2) is 58.8 Å². The molecule has 0 spiro atoms. The Morgan fingerprint density at radius 1 is 0.583 bits per heavy atom. The van der Waals surface area contributed by atoms with E-state index in [1.807, 2.05) is 12.1 Å². The number of rotatable bonds is 26. The average molecular weight is 508 g/mol. The highest BCUT2D eigenvalue weighted by atomic mass is 16.6. The van der Waals surface area contributed by atoms with E-state index in [0.29, 0.717) is 38.6 Å².